The van der Waals surface area contributed by atoms with Crippen molar-refractivity contribution in [2.75, 3.05) is 25.8 Å². The highest BCUT2D eigenvalue weighted by Crippen LogP contribution is 2.28. The molecule has 0 aromatic heterocycles. The maximum Gasteiger partial charge on any atom is 0.307 e. The van der Waals surface area contributed by atoms with Crippen molar-refractivity contribution in [1.82, 2.24) is 0 Å². The fourth-order valence-electron chi connectivity index (χ4n) is 3.71. The molecule has 0 bridgehead atoms. The third kappa shape index (κ3) is 15.0. The van der Waals surface area contributed by atoms with E-state index >= 15 is 0 Å². The van der Waals surface area contributed by atoms with Crippen LogP contribution in [0.5, 0.6) is 5.75 Å². The van der Waals surface area contributed by atoms with E-state index in [1.165, 1.54) is 17.5 Å². The lowest BCUT2D eigenvalue weighted by Crippen LogP contribution is -2.30. The molecule has 3 rings (SSSR count). The lowest BCUT2D eigenvalue weighted by atomic mass is 9.87. The number of benzene rings is 3. The van der Waals surface area contributed by atoms with Crippen molar-refractivity contribution in [1.29, 1.82) is 0 Å². The van der Waals surface area contributed by atoms with Crippen LogP contribution in [0.15, 0.2) is 104 Å². The normalized spacial score (nSPS) is 12.9. The lowest BCUT2D eigenvalue weighted by Gasteiger charge is -2.18. The molecule has 7 nitrogen and oxygen atoms in total. The summed E-state index contributed by atoms with van der Waals surface area (Å²) in [5.74, 6) is 5.84. The van der Waals surface area contributed by atoms with Crippen LogP contribution in [0.2, 0.25) is 0 Å². The van der Waals surface area contributed by atoms with Crippen LogP contribution in [0, 0.1) is 0 Å². The average molecular weight is 572 g/mol. The van der Waals surface area contributed by atoms with Crippen molar-refractivity contribution >= 4 is 10.1 Å². The zero-order chi connectivity index (χ0) is 29.6. The number of ether oxygens (including phenoxy) is 3. The Morgan fingerprint density at radius 1 is 0.800 bits per heavy atom. The Morgan fingerprint density at radius 3 is 1.73 bits per heavy atom. The molecule has 3 aromatic rings. The van der Waals surface area contributed by atoms with E-state index in [0.29, 0.717) is 24.2 Å². The summed E-state index contributed by atoms with van der Waals surface area (Å²) in [4.78, 5) is 0. The topological polar surface area (TPSA) is 97.1 Å². The third-order valence-electron chi connectivity index (χ3n) is 5.76. The van der Waals surface area contributed by atoms with Gasteiger partial charge >= 0.3 is 10.1 Å². The molecular formula is C32H45NO6S. The number of hydrogen-bond donors (Lipinski definition) is 1. The number of nitrogens with two attached hydrogens (primary N) is 1. The molecule has 0 amide bonds. The maximum atomic E-state index is 11.1. The first kappa shape index (κ1) is 35.0. The van der Waals surface area contributed by atoms with Crippen molar-refractivity contribution < 1.29 is 26.9 Å². The predicted octanol–water partition coefficient (Wildman–Crippen LogP) is 6.84. The van der Waals surface area contributed by atoms with E-state index in [9.17, 15) is 8.42 Å². The molecule has 0 aliphatic heterocycles. The Kier molecular flexibility index (Phi) is 18.2. The molecule has 0 aliphatic rings. The minimum atomic E-state index is -3.90. The van der Waals surface area contributed by atoms with Crippen LogP contribution >= 0.6 is 0 Å². The molecular weight excluding hydrogens is 526 g/mol. The van der Waals surface area contributed by atoms with Crippen LogP contribution in [0.4, 0.5) is 0 Å². The van der Waals surface area contributed by atoms with Gasteiger partial charge < -0.3 is 14.2 Å². The summed E-state index contributed by atoms with van der Waals surface area (Å²) in [6, 6.07) is 30.6. The molecule has 3 aromatic carbocycles. The fourth-order valence-corrected chi connectivity index (χ4v) is 4.12. The first-order chi connectivity index (χ1) is 19.3. The summed E-state index contributed by atoms with van der Waals surface area (Å²) in [6.45, 7) is 12.8. The summed E-state index contributed by atoms with van der Waals surface area (Å²) in [7, 11) is -3.90. The molecule has 8 heteroatoms. The van der Waals surface area contributed by atoms with Crippen LogP contribution in [0.25, 0.3) is 0 Å². The van der Waals surface area contributed by atoms with Gasteiger partial charge in [-0.1, -0.05) is 113 Å². The Labute approximate surface area is 241 Å². The van der Waals surface area contributed by atoms with Crippen molar-refractivity contribution in [3.05, 3.63) is 115 Å². The SMILES string of the molecule is C=CCOCC(COc1ccccc1)OCS(=O)(=O)ON.CC.CC(CC(C)c1ccccc1)c1ccccc1. The number of hydrogen-bond acceptors (Lipinski definition) is 7. The minimum absolute atomic E-state index is 0.126. The van der Waals surface area contributed by atoms with Crippen molar-refractivity contribution in [2.45, 2.75) is 52.1 Å². The largest absolute Gasteiger partial charge is 0.491 e. The van der Waals surface area contributed by atoms with Gasteiger partial charge in [0, 0.05) is 0 Å². The second-order valence-corrected chi connectivity index (χ2v) is 10.4. The van der Waals surface area contributed by atoms with Gasteiger partial charge in [-0.05, 0) is 41.5 Å². The first-order valence-electron chi connectivity index (χ1n) is 13.5. The highest BCUT2D eigenvalue weighted by Gasteiger charge is 2.17. The van der Waals surface area contributed by atoms with E-state index in [1.54, 1.807) is 18.2 Å². The van der Waals surface area contributed by atoms with Crippen LogP contribution < -0.4 is 10.6 Å². The molecule has 0 fully saturated rings. The summed E-state index contributed by atoms with van der Waals surface area (Å²) in [5.41, 5.74) is 2.88. The molecule has 0 aliphatic carbocycles. The highest BCUT2D eigenvalue weighted by atomic mass is 32.2. The quantitative estimate of drug-likeness (QED) is 0.121. The van der Waals surface area contributed by atoms with Crippen LogP contribution in [0.3, 0.4) is 0 Å². The summed E-state index contributed by atoms with van der Waals surface area (Å²) in [6.07, 6.45) is 2.19. The standard InChI is InChI=1S/C17H20.C13H19NO6S.C2H6/c1-14(16-9-5-3-6-10-16)13-15(2)17-11-7-4-8-12-17;1-2-8-17-9-13(19-11-21(15,16)20-14)10-18-12-6-4-3-5-7-12;1-2/h3-12,14-15H,13H2,1-2H3;2-7,13H,1,8-11,14H2;1-2H3. The molecule has 0 radical (unpaired) electrons. The maximum absolute atomic E-state index is 11.1. The molecule has 220 valence electrons. The van der Waals surface area contributed by atoms with Gasteiger partial charge in [-0.25, -0.2) is 0 Å². The monoisotopic (exact) mass is 571 g/mol. The van der Waals surface area contributed by atoms with E-state index in [-0.39, 0.29) is 13.2 Å². The van der Waals surface area contributed by atoms with Gasteiger partial charge in [-0.15, -0.1) is 6.58 Å². The van der Waals surface area contributed by atoms with Crippen molar-refractivity contribution in [3.8, 4) is 5.75 Å². The zero-order valence-corrected chi connectivity index (χ0v) is 25.0. The Balaban J connectivity index is 0.000000383. The average Bonchev–Trinajstić information content (AvgIpc) is 3.01. The Morgan fingerprint density at radius 2 is 1.27 bits per heavy atom. The summed E-state index contributed by atoms with van der Waals surface area (Å²) < 4.78 is 42.0. The zero-order valence-electron chi connectivity index (χ0n) is 24.1. The smallest absolute Gasteiger partial charge is 0.307 e. The second kappa shape index (κ2) is 20.8. The molecule has 0 saturated heterocycles. The fraction of sp³-hybridized carbons (Fsp3) is 0.375. The predicted molar refractivity (Wildman–Crippen MR) is 163 cm³/mol. The first-order valence-corrected chi connectivity index (χ1v) is 15.1. The second-order valence-electron chi connectivity index (χ2n) is 8.87. The van der Waals surface area contributed by atoms with Gasteiger partial charge in [0.05, 0.1) is 13.2 Å². The Bertz CT molecular complexity index is 1080. The van der Waals surface area contributed by atoms with Gasteiger partial charge in [0.2, 0.25) is 0 Å². The third-order valence-corrected chi connectivity index (χ3v) is 6.48. The lowest BCUT2D eigenvalue weighted by molar-refractivity contribution is -0.0172. The molecule has 0 heterocycles. The van der Waals surface area contributed by atoms with Crippen molar-refractivity contribution in [2.24, 2.45) is 5.90 Å². The Hall–Kier alpha value is -3.01. The molecule has 0 spiro atoms. The van der Waals surface area contributed by atoms with E-state index in [4.69, 9.17) is 14.2 Å². The summed E-state index contributed by atoms with van der Waals surface area (Å²) in [5, 5.41) is 0. The minimum Gasteiger partial charge on any atom is -0.491 e. The van der Waals surface area contributed by atoms with Gasteiger partial charge in [-0.2, -0.15) is 18.6 Å². The number of rotatable bonds is 15. The highest BCUT2D eigenvalue weighted by molar-refractivity contribution is 7.86. The van der Waals surface area contributed by atoms with Gasteiger partial charge in [-0.3, -0.25) is 0 Å². The molecule has 3 unspecified atom stereocenters. The van der Waals surface area contributed by atoms with E-state index in [0.717, 1.165) is 0 Å². The van der Waals surface area contributed by atoms with Crippen LogP contribution in [0.1, 0.15) is 57.1 Å². The molecule has 0 saturated carbocycles. The van der Waals surface area contributed by atoms with E-state index < -0.39 is 22.2 Å². The van der Waals surface area contributed by atoms with Gasteiger partial charge in [0.25, 0.3) is 0 Å². The van der Waals surface area contributed by atoms with E-state index in [2.05, 4.69) is 91.3 Å². The van der Waals surface area contributed by atoms with Crippen LogP contribution in [-0.2, 0) is 23.9 Å². The van der Waals surface area contributed by atoms with Crippen LogP contribution in [-0.4, -0.2) is 40.3 Å². The van der Waals surface area contributed by atoms with E-state index in [1.807, 2.05) is 32.0 Å². The molecule has 2 N–H and O–H groups in total. The molecule has 40 heavy (non-hydrogen) atoms. The van der Waals surface area contributed by atoms with Gasteiger partial charge in [0.15, 0.2) is 5.94 Å². The number of para-hydroxylation sites is 1. The summed E-state index contributed by atoms with van der Waals surface area (Å²) >= 11 is 0. The molecule has 3 atom stereocenters. The van der Waals surface area contributed by atoms with Crippen molar-refractivity contribution in [3.63, 3.8) is 0 Å². The van der Waals surface area contributed by atoms with Gasteiger partial charge in [0.1, 0.15) is 18.5 Å².